The van der Waals surface area contributed by atoms with Crippen molar-refractivity contribution in [2.45, 2.75) is 25.8 Å². The molecule has 0 aliphatic heterocycles. The van der Waals surface area contributed by atoms with Gasteiger partial charge >= 0.3 is 5.97 Å². The number of carbonyl (C=O) groups is 2. The van der Waals surface area contributed by atoms with Crippen molar-refractivity contribution in [3.05, 3.63) is 53.6 Å². The summed E-state index contributed by atoms with van der Waals surface area (Å²) in [5, 5.41) is 11.6. The molecule has 1 amide bonds. The third-order valence-corrected chi connectivity index (χ3v) is 4.17. The Morgan fingerprint density at radius 2 is 1.61 bits per heavy atom. The Hall–Kier alpha value is -3.22. The summed E-state index contributed by atoms with van der Waals surface area (Å²) in [7, 11) is 3.18. The highest BCUT2D eigenvalue weighted by Gasteiger charge is 2.11. The summed E-state index contributed by atoms with van der Waals surface area (Å²) >= 11 is 0. The summed E-state index contributed by atoms with van der Waals surface area (Å²) < 4.78 is 15.6. The van der Waals surface area contributed by atoms with E-state index in [0.717, 1.165) is 11.1 Å². The molecule has 0 radical (unpaired) electrons. The molecule has 0 aliphatic rings. The summed E-state index contributed by atoms with van der Waals surface area (Å²) in [6, 6.07) is 12.3. The van der Waals surface area contributed by atoms with Gasteiger partial charge in [-0.25, -0.2) is 4.79 Å². The van der Waals surface area contributed by atoms with Gasteiger partial charge in [0.15, 0.2) is 6.61 Å². The second-order valence-corrected chi connectivity index (χ2v) is 6.26. The van der Waals surface area contributed by atoms with E-state index in [1.165, 1.54) is 0 Å². The number of amides is 1. The molecule has 0 bridgehead atoms. The average Bonchev–Trinajstić information content (AvgIpc) is 2.70. The van der Waals surface area contributed by atoms with Crippen LogP contribution < -0.4 is 19.5 Å². The molecule has 0 fully saturated rings. The maximum atomic E-state index is 12.3. The number of carboxylic acid groups (broad SMARTS) is 1. The number of carbonyl (C=O) groups excluding carboxylic acids is 1. The minimum Gasteiger partial charge on any atom is -0.497 e. The van der Waals surface area contributed by atoms with E-state index in [1.54, 1.807) is 44.6 Å². The third kappa shape index (κ3) is 6.50. The van der Waals surface area contributed by atoms with Gasteiger partial charge in [-0.1, -0.05) is 12.1 Å². The Labute approximate surface area is 164 Å². The highest BCUT2D eigenvalue weighted by molar-refractivity contribution is 5.76. The van der Waals surface area contributed by atoms with Crippen LogP contribution in [0.2, 0.25) is 0 Å². The van der Waals surface area contributed by atoms with Gasteiger partial charge in [-0.05, 0) is 48.7 Å². The molecule has 0 aliphatic carbocycles. The number of hydrogen-bond donors (Lipinski definition) is 2. The van der Waals surface area contributed by atoms with E-state index in [0.29, 0.717) is 30.1 Å². The zero-order chi connectivity index (χ0) is 20.5. The van der Waals surface area contributed by atoms with E-state index in [9.17, 15) is 9.59 Å². The lowest BCUT2D eigenvalue weighted by Crippen LogP contribution is -2.26. The number of carboxylic acids is 1. The molecule has 2 N–H and O–H groups in total. The molecule has 2 aromatic carbocycles. The third-order valence-electron chi connectivity index (χ3n) is 4.17. The second kappa shape index (κ2) is 10.2. The smallest absolute Gasteiger partial charge is 0.341 e. The fourth-order valence-corrected chi connectivity index (χ4v) is 2.66. The van der Waals surface area contributed by atoms with Crippen LogP contribution in [-0.4, -0.2) is 37.8 Å². The quantitative estimate of drug-likeness (QED) is 0.651. The zero-order valence-corrected chi connectivity index (χ0v) is 16.2. The van der Waals surface area contributed by atoms with Crippen LogP contribution in [0.15, 0.2) is 42.5 Å². The van der Waals surface area contributed by atoms with Gasteiger partial charge in [0.25, 0.3) is 0 Å². The Morgan fingerprint density at radius 3 is 2.14 bits per heavy atom. The first-order valence-corrected chi connectivity index (χ1v) is 8.87. The lowest BCUT2D eigenvalue weighted by atomic mass is 10.1. The first-order chi connectivity index (χ1) is 13.4. The van der Waals surface area contributed by atoms with E-state index in [1.807, 2.05) is 19.1 Å². The lowest BCUT2D eigenvalue weighted by Gasteiger charge is -2.15. The standard InChI is InChI=1S/C21H25NO6/c1-14(16-5-7-17(8-6-16)28-13-21(24)25)22-20(23)9-4-15-10-18(26-2)12-19(11-15)27-3/h5-8,10-12,14H,4,9,13H2,1-3H3,(H,22,23)(H,24,25). The van der Waals surface area contributed by atoms with Crippen LogP contribution in [0.25, 0.3) is 0 Å². The van der Waals surface area contributed by atoms with Crippen LogP contribution in [-0.2, 0) is 16.0 Å². The van der Waals surface area contributed by atoms with E-state index in [4.69, 9.17) is 19.3 Å². The molecule has 28 heavy (non-hydrogen) atoms. The van der Waals surface area contributed by atoms with Crippen LogP contribution in [0.3, 0.4) is 0 Å². The molecular formula is C21H25NO6. The normalized spacial score (nSPS) is 11.4. The van der Waals surface area contributed by atoms with Crippen LogP contribution >= 0.6 is 0 Å². The monoisotopic (exact) mass is 387 g/mol. The lowest BCUT2D eigenvalue weighted by molar-refractivity contribution is -0.139. The van der Waals surface area contributed by atoms with Gasteiger partial charge in [0.05, 0.1) is 20.3 Å². The number of nitrogens with one attached hydrogen (secondary N) is 1. The van der Waals surface area contributed by atoms with Gasteiger partial charge in [0.2, 0.25) is 5.91 Å². The first kappa shape index (κ1) is 21.1. The van der Waals surface area contributed by atoms with Crippen LogP contribution in [0.5, 0.6) is 17.2 Å². The number of ether oxygens (including phenoxy) is 3. The van der Waals surface area contributed by atoms with Gasteiger partial charge in [0.1, 0.15) is 17.2 Å². The summed E-state index contributed by atoms with van der Waals surface area (Å²) in [5.74, 6) is 0.747. The maximum absolute atomic E-state index is 12.3. The average molecular weight is 387 g/mol. The molecule has 1 atom stereocenters. The van der Waals surface area contributed by atoms with Gasteiger partial charge in [-0.3, -0.25) is 4.79 Å². The minimum atomic E-state index is -1.03. The van der Waals surface area contributed by atoms with Crippen molar-refractivity contribution >= 4 is 11.9 Å². The molecule has 2 rings (SSSR count). The predicted octanol–water partition coefficient (Wildman–Crippen LogP) is 2.98. The number of hydrogen-bond acceptors (Lipinski definition) is 5. The zero-order valence-electron chi connectivity index (χ0n) is 16.2. The van der Waals surface area contributed by atoms with E-state index >= 15 is 0 Å². The largest absolute Gasteiger partial charge is 0.497 e. The molecule has 0 heterocycles. The molecule has 1 unspecified atom stereocenters. The molecule has 7 nitrogen and oxygen atoms in total. The van der Waals surface area contributed by atoms with E-state index in [-0.39, 0.29) is 18.6 Å². The Balaban J connectivity index is 1.88. The second-order valence-electron chi connectivity index (χ2n) is 6.26. The SMILES string of the molecule is COc1cc(CCC(=O)NC(C)c2ccc(OCC(=O)O)cc2)cc(OC)c1. The minimum absolute atomic E-state index is 0.0690. The van der Waals surface area contributed by atoms with Crippen molar-refractivity contribution in [3.8, 4) is 17.2 Å². The van der Waals surface area contributed by atoms with Crippen molar-refractivity contribution in [2.75, 3.05) is 20.8 Å². The summed E-state index contributed by atoms with van der Waals surface area (Å²) in [6.07, 6.45) is 0.897. The summed E-state index contributed by atoms with van der Waals surface area (Å²) in [6.45, 7) is 1.50. The number of aliphatic carboxylic acids is 1. The van der Waals surface area contributed by atoms with Gasteiger partial charge < -0.3 is 24.6 Å². The molecule has 0 spiro atoms. The highest BCUT2D eigenvalue weighted by atomic mass is 16.5. The molecule has 0 saturated heterocycles. The first-order valence-electron chi connectivity index (χ1n) is 8.87. The van der Waals surface area contributed by atoms with E-state index < -0.39 is 5.97 Å². The topological polar surface area (TPSA) is 94.1 Å². The van der Waals surface area contributed by atoms with Gasteiger partial charge in [0, 0.05) is 12.5 Å². The van der Waals surface area contributed by atoms with Crippen LogP contribution in [0, 0.1) is 0 Å². The van der Waals surface area contributed by atoms with Gasteiger partial charge in [-0.2, -0.15) is 0 Å². The fraction of sp³-hybridized carbons (Fsp3) is 0.333. The summed E-state index contributed by atoms with van der Waals surface area (Å²) in [5.41, 5.74) is 1.86. The molecule has 0 saturated carbocycles. The number of rotatable bonds is 10. The van der Waals surface area contributed by atoms with Crippen LogP contribution in [0.1, 0.15) is 30.5 Å². The molecule has 150 valence electrons. The van der Waals surface area contributed by atoms with Crippen molar-refractivity contribution < 1.29 is 28.9 Å². The number of methoxy groups -OCH3 is 2. The van der Waals surface area contributed by atoms with Crippen molar-refractivity contribution in [3.63, 3.8) is 0 Å². The summed E-state index contributed by atoms with van der Waals surface area (Å²) in [4.78, 5) is 22.8. The Kier molecular flexibility index (Phi) is 7.68. The predicted molar refractivity (Wildman–Crippen MR) is 104 cm³/mol. The number of aryl methyl sites for hydroxylation is 1. The van der Waals surface area contributed by atoms with Crippen molar-refractivity contribution in [2.24, 2.45) is 0 Å². The molecule has 2 aromatic rings. The molecule has 7 heteroatoms. The molecule has 0 aromatic heterocycles. The Morgan fingerprint density at radius 1 is 1.00 bits per heavy atom. The van der Waals surface area contributed by atoms with E-state index in [2.05, 4.69) is 5.32 Å². The van der Waals surface area contributed by atoms with Crippen molar-refractivity contribution in [1.82, 2.24) is 5.32 Å². The number of benzene rings is 2. The molecular weight excluding hydrogens is 362 g/mol. The Bertz CT molecular complexity index is 781. The fourth-order valence-electron chi connectivity index (χ4n) is 2.66. The maximum Gasteiger partial charge on any atom is 0.341 e. The van der Waals surface area contributed by atoms with Gasteiger partial charge in [-0.15, -0.1) is 0 Å². The van der Waals surface area contributed by atoms with Crippen LogP contribution in [0.4, 0.5) is 0 Å². The highest BCUT2D eigenvalue weighted by Crippen LogP contribution is 2.23. The van der Waals surface area contributed by atoms with Crippen molar-refractivity contribution in [1.29, 1.82) is 0 Å².